The Bertz CT molecular complexity index is 1510. The van der Waals surface area contributed by atoms with Crippen LogP contribution in [0.1, 0.15) is 11.3 Å². The highest BCUT2D eigenvalue weighted by atomic mass is 19.1. The van der Waals surface area contributed by atoms with Crippen LogP contribution >= 0.6 is 0 Å². The molecule has 8 nitrogen and oxygen atoms in total. The first-order valence-corrected chi connectivity index (χ1v) is 10.4. The summed E-state index contributed by atoms with van der Waals surface area (Å²) in [4.78, 5) is 13.0. The van der Waals surface area contributed by atoms with Crippen LogP contribution in [0.3, 0.4) is 0 Å². The van der Waals surface area contributed by atoms with Crippen molar-refractivity contribution in [3.8, 4) is 11.5 Å². The number of nitrogens with two attached hydrogens (primary N) is 1. The van der Waals surface area contributed by atoms with Gasteiger partial charge in [0.25, 0.3) is 0 Å². The van der Waals surface area contributed by atoms with Gasteiger partial charge in [-0.3, -0.25) is 0 Å². The summed E-state index contributed by atoms with van der Waals surface area (Å²) in [5, 5.41) is 13.3. The van der Waals surface area contributed by atoms with Crippen LogP contribution in [0, 0.1) is 18.6 Å². The van der Waals surface area contributed by atoms with Crippen molar-refractivity contribution in [2.24, 2.45) is 10.2 Å². The van der Waals surface area contributed by atoms with Gasteiger partial charge in [-0.05, 0) is 31.2 Å². The van der Waals surface area contributed by atoms with Crippen LogP contribution in [0.15, 0.2) is 77.1 Å². The second-order valence-corrected chi connectivity index (χ2v) is 7.52. The number of aryl methyl sites for hydroxylation is 1. The van der Waals surface area contributed by atoms with Crippen molar-refractivity contribution in [3.63, 3.8) is 0 Å². The minimum Gasteiger partial charge on any atom is -0.382 e. The molecule has 5 rings (SSSR count). The van der Waals surface area contributed by atoms with Crippen LogP contribution in [0.2, 0.25) is 0 Å². The molecule has 0 aliphatic heterocycles. The molecule has 0 saturated carbocycles. The Kier molecular flexibility index (Phi) is 5.46. The lowest BCUT2D eigenvalue weighted by atomic mass is 10.2. The molecule has 0 spiro atoms. The molecule has 0 amide bonds. The average molecular weight is 456 g/mol. The number of hydrogen-bond donors (Lipinski definition) is 1. The number of pyridine rings is 1. The van der Waals surface area contributed by atoms with Crippen LogP contribution in [-0.2, 0) is 6.54 Å². The molecule has 2 aromatic carbocycles. The fourth-order valence-corrected chi connectivity index (χ4v) is 3.52. The first-order chi connectivity index (χ1) is 16.5. The average Bonchev–Trinajstić information content (AvgIpc) is 3.18. The maximum atomic E-state index is 14.2. The summed E-state index contributed by atoms with van der Waals surface area (Å²) < 4.78 is 29.8. The minimum absolute atomic E-state index is 0.0969. The molecule has 0 fully saturated rings. The molecule has 5 aromatic rings. The molecular weight excluding hydrogens is 438 g/mol. The zero-order valence-electron chi connectivity index (χ0n) is 18.0. The van der Waals surface area contributed by atoms with Gasteiger partial charge in [-0.25, -0.2) is 28.4 Å². The van der Waals surface area contributed by atoms with Gasteiger partial charge in [-0.1, -0.05) is 36.4 Å². The summed E-state index contributed by atoms with van der Waals surface area (Å²) in [6.45, 7) is 1.82. The monoisotopic (exact) mass is 456 g/mol. The normalized spacial score (nSPS) is 11.5. The van der Waals surface area contributed by atoms with Gasteiger partial charge in [-0.15, -0.1) is 5.11 Å². The van der Waals surface area contributed by atoms with E-state index in [1.54, 1.807) is 37.3 Å². The zero-order valence-corrected chi connectivity index (χ0v) is 18.0. The summed E-state index contributed by atoms with van der Waals surface area (Å²) in [7, 11) is 0. The molecule has 168 valence electrons. The summed E-state index contributed by atoms with van der Waals surface area (Å²) in [5.74, 6) is -0.641. The fraction of sp³-hybridized carbons (Fsp3) is 0.0833. The van der Waals surface area contributed by atoms with E-state index in [2.05, 4.69) is 30.3 Å². The molecule has 34 heavy (non-hydrogen) atoms. The molecule has 0 aliphatic rings. The van der Waals surface area contributed by atoms with Crippen molar-refractivity contribution >= 4 is 28.2 Å². The number of hydrogen-bond acceptors (Lipinski definition) is 7. The lowest BCUT2D eigenvalue weighted by Crippen LogP contribution is -2.05. The number of halogens is 2. The topological polar surface area (TPSA) is 107 Å². The van der Waals surface area contributed by atoms with E-state index in [1.807, 2.05) is 18.2 Å². The van der Waals surface area contributed by atoms with Crippen molar-refractivity contribution in [2.45, 2.75) is 13.5 Å². The van der Waals surface area contributed by atoms with Gasteiger partial charge in [0, 0.05) is 5.56 Å². The van der Waals surface area contributed by atoms with Gasteiger partial charge in [0.15, 0.2) is 17.3 Å². The van der Waals surface area contributed by atoms with Gasteiger partial charge < -0.3 is 5.73 Å². The largest absolute Gasteiger partial charge is 0.382 e. The molecule has 0 aliphatic carbocycles. The maximum Gasteiger partial charge on any atom is 0.183 e. The lowest BCUT2D eigenvalue weighted by molar-refractivity contribution is 0.588. The predicted octanol–water partition coefficient (Wildman–Crippen LogP) is 5.52. The van der Waals surface area contributed by atoms with Crippen LogP contribution in [0.25, 0.3) is 22.6 Å². The van der Waals surface area contributed by atoms with Gasteiger partial charge in [-0.2, -0.15) is 10.2 Å². The van der Waals surface area contributed by atoms with E-state index in [1.165, 1.54) is 16.8 Å². The number of nitrogen functional groups attached to an aromatic ring is 1. The second-order valence-electron chi connectivity index (χ2n) is 7.52. The summed E-state index contributed by atoms with van der Waals surface area (Å²) in [6.07, 6.45) is 1.08. The van der Waals surface area contributed by atoms with Gasteiger partial charge in [0.2, 0.25) is 0 Å². The molecule has 0 unspecified atom stereocenters. The third-order valence-electron chi connectivity index (χ3n) is 5.15. The van der Waals surface area contributed by atoms with Crippen molar-refractivity contribution in [1.29, 1.82) is 0 Å². The van der Waals surface area contributed by atoms with Gasteiger partial charge >= 0.3 is 0 Å². The predicted molar refractivity (Wildman–Crippen MR) is 124 cm³/mol. The minimum atomic E-state index is -0.544. The quantitative estimate of drug-likeness (QED) is 0.350. The molecule has 10 heteroatoms. The molecule has 0 atom stereocenters. The Morgan fingerprint density at radius 2 is 1.74 bits per heavy atom. The Morgan fingerprint density at radius 1 is 0.971 bits per heavy atom. The van der Waals surface area contributed by atoms with Crippen LogP contribution in [0.4, 0.5) is 26.0 Å². The third kappa shape index (κ3) is 4.08. The van der Waals surface area contributed by atoms with Crippen molar-refractivity contribution in [3.05, 3.63) is 89.8 Å². The van der Waals surface area contributed by atoms with E-state index in [0.29, 0.717) is 33.7 Å². The number of rotatable bonds is 5. The molecule has 3 aromatic heterocycles. The van der Waals surface area contributed by atoms with E-state index >= 15 is 0 Å². The van der Waals surface area contributed by atoms with E-state index in [4.69, 9.17) is 5.73 Å². The Balaban J connectivity index is 1.58. The van der Waals surface area contributed by atoms with E-state index in [0.717, 1.165) is 6.20 Å². The van der Waals surface area contributed by atoms with Crippen molar-refractivity contribution < 1.29 is 8.78 Å². The summed E-state index contributed by atoms with van der Waals surface area (Å²) in [6, 6.07) is 16.8. The zero-order chi connectivity index (χ0) is 23.7. The van der Waals surface area contributed by atoms with E-state index in [-0.39, 0.29) is 29.7 Å². The SMILES string of the molecule is Cc1nc(-c2nn(Cc3ccccc3F)c3ncc(F)cc23)nc(N)c1N=Nc1ccccc1. The van der Waals surface area contributed by atoms with E-state index < -0.39 is 5.82 Å². The third-order valence-corrected chi connectivity index (χ3v) is 5.15. The Labute approximate surface area is 192 Å². The van der Waals surface area contributed by atoms with Gasteiger partial charge in [0.1, 0.15) is 23.0 Å². The smallest absolute Gasteiger partial charge is 0.183 e. The number of benzene rings is 2. The number of fused-ring (bicyclic) bond motifs is 1. The molecule has 0 radical (unpaired) electrons. The Hall–Kier alpha value is -4.60. The highest BCUT2D eigenvalue weighted by Gasteiger charge is 2.20. The first-order valence-electron chi connectivity index (χ1n) is 10.4. The molecule has 0 bridgehead atoms. The lowest BCUT2D eigenvalue weighted by Gasteiger charge is -2.05. The maximum absolute atomic E-state index is 14.2. The summed E-state index contributed by atoms with van der Waals surface area (Å²) >= 11 is 0. The number of aromatic nitrogens is 5. The number of anilines is 1. The van der Waals surface area contributed by atoms with Crippen LogP contribution in [0.5, 0.6) is 0 Å². The Morgan fingerprint density at radius 3 is 2.50 bits per heavy atom. The first kappa shape index (κ1) is 21.3. The highest BCUT2D eigenvalue weighted by molar-refractivity contribution is 5.89. The van der Waals surface area contributed by atoms with Crippen molar-refractivity contribution in [2.75, 3.05) is 5.73 Å². The molecule has 2 N–H and O–H groups in total. The summed E-state index contributed by atoms with van der Waals surface area (Å²) in [5.41, 5.74) is 8.69. The molecular formula is C24H18F2N8. The number of azo groups is 1. The fourth-order valence-electron chi connectivity index (χ4n) is 3.52. The molecule has 0 saturated heterocycles. The van der Waals surface area contributed by atoms with Gasteiger partial charge in [0.05, 0.1) is 29.5 Å². The van der Waals surface area contributed by atoms with Crippen LogP contribution in [-0.4, -0.2) is 24.7 Å². The highest BCUT2D eigenvalue weighted by Crippen LogP contribution is 2.31. The molecule has 3 heterocycles. The standard InChI is InChI=1S/C24H18F2N8/c1-14-20(32-31-17-8-3-2-4-9-17)22(27)30-23(29-14)21-18-11-16(25)12-28-24(18)34(33-21)13-15-7-5-6-10-19(15)26/h2-12H,13H2,1H3,(H2,27,29,30). The second kappa shape index (κ2) is 8.74. The number of nitrogens with zero attached hydrogens (tertiary/aromatic N) is 7. The van der Waals surface area contributed by atoms with Crippen molar-refractivity contribution in [1.82, 2.24) is 24.7 Å². The van der Waals surface area contributed by atoms with Crippen LogP contribution < -0.4 is 5.73 Å². The van der Waals surface area contributed by atoms with E-state index in [9.17, 15) is 8.78 Å².